The molecule has 1 aromatic carbocycles. The first-order chi connectivity index (χ1) is 18.2. The summed E-state index contributed by atoms with van der Waals surface area (Å²) in [5.41, 5.74) is 0.441. The third kappa shape index (κ3) is 5.91. The van der Waals surface area contributed by atoms with Crippen molar-refractivity contribution in [1.29, 1.82) is 0 Å². The van der Waals surface area contributed by atoms with Crippen molar-refractivity contribution in [3.8, 4) is 11.5 Å². The molecule has 10 heteroatoms. The quantitative estimate of drug-likeness (QED) is 0.410. The Morgan fingerprint density at radius 1 is 1.18 bits per heavy atom. The molecule has 38 heavy (non-hydrogen) atoms. The largest absolute Gasteiger partial charge is 0.481 e. The number of ether oxygens (including phenoxy) is 2. The van der Waals surface area contributed by atoms with E-state index in [1.54, 1.807) is 0 Å². The number of hydrogen-bond donors (Lipinski definition) is 1. The van der Waals surface area contributed by atoms with E-state index in [1.807, 2.05) is 55.7 Å². The van der Waals surface area contributed by atoms with Crippen molar-refractivity contribution < 1.29 is 33.8 Å². The molecule has 3 atom stereocenters. The molecule has 3 aliphatic rings. The smallest absolute Gasteiger partial charge is 0.308 e. The molecular formula is C28H41N3O7. The van der Waals surface area contributed by atoms with Gasteiger partial charge in [0.05, 0.1) is 19.1 Å². The summed E-state index contributed by atoms with van der Waals surface area (Å²) in [6.45, 7) is 10.5. The van der Waals surface area contributed by atoms with Gasteiger partial charge in [-0.15, -0.1) is 0 Å². The highest BCUT2D eigenvalue weighted by Crippen LogP contribution is 2.43. The van der Waals surface area contributed by atoms with E-state index >= 15 is 0 Å². The topological polar surface area (TPSA) is 109 Å². The highest BCUT2D eigenvalue weighted by Gasteiger charge is 2.48. The van der Waals surface area contributed by atoms with Gasteiger partial charge in [-0.05, 0) is 43.4 Å². The Labute approximate surface area is 224 Å². The second-order valence-corrected chi connectivity index (χ2v) is 11.1. The number of benzene rings is 1. The average molecular weight is 532 g/mol. The number of carbonyl (C=O) groups excluding carboxylic acids is 2. The minimum absolute atomic E-state index is 0.0542. The van der Waals surface area contributed by atoms with Gasteiger partial charge in [-0.2, -0.15) is 0 Å². The molecule has 2 fully saturated rings. The van der Waals surface area contributed by atoms with Gasteiger partial charge in [0.2, 0.25) is 12.7 Å². The SMILES string of the molecule is CCCON(CCC)C(=O)CN1CC(c2ccc3c(c2)OCO3)C(C(=O)O)C1CCN1CCC(C)(C)C1=O. The summed E-state index contributed by atoms with van der Waals surface area (Å²) in [6, 6.07) is 5.13. The van der Waals surface area contributed by atoms with Crippen LogP contribution in [0.25, 0.3) is 0 Å². The lowest BCUT2D eigenvalue weighted by Gasteiger charge is -2.30. The van der Waals surface area contributed by atoms with Crippen LogP contribution in [0.4, 0.5) is 0 Å². The predicted molar refractivity (Wildman–Crippen MR) is 140 cm³/mol. The van der Waals surface area contributed by atoms with Crippen LogP contribution in [0.15, 0.2) is 18.2 Å². The predicted octanol–water partition coefficient (Wildman–Crippen LogP) is 3.11. The van der Waals surface area contributed by atoms with Crippen LogP contribution < -0.4 is 9.47 Å². The van der Waals surface area contributed by atoms with Crippen LogP contribution in [0.5, 0.6) is 11.5 Å². The number of amides is 2. The minimum Gasteiger partial charge on any atom is -0.481 e. The third-order valence-corrected chi connectivity index (χ3v) is 7.92. The maximum atomic E-state index is 13.3. The standard InChI is InChI=1S/C28H41N3O7/c1-5-11-31(38-14-6-2)24(32)17-30-16-20(19-7-8-22-23(15-19)37-18-36-22)25(26(33)34)21(30)9-12-29-13-10-28(3,4)27(29)35/h7-8,15,20-21,25H,5-6,9-14,16-18H2,1-4H3,(H,33,34). The van der Waals surface area contributed by atoms with E-state index in [1.165, 1.54) is 5.06 Å². The van der Waals surface area contributed by atoms with Gasteiger partial charge in [0.15, 0.2) is 11.5 Å². The Hall–Kier alpha value is -2.85. The van der Waals surface area contributed by atoms with E-state index in [2.05, 4.69) is 0 Å². The van der Waals surface area contributed by atoms with E-state index in [9.17, 15) is 19.5 Å². The van der Waals surface area contributed by atoms with Crippen LogP contribution >= 0.6 is 0 Å². The van der Waals surface area contributed by atoms with Crippen LogP contribution in [0.2, 0.25) is 0 Å². The van der Waals surface area contributed by atoms with E-state index in [0.717, 1.165) is 24.8 Å². The molecule has 0 aliphatic carbocycles. The summed E-state index contributed by atoms with van der Waals surface area (Å²) < 4.78 is 11.0. The maximum Gasteiger partial charge on any atom is 0.308 e. The van der Waals surface area contributed by atoms with Crippen molar-refractivity contribution in [2.75, 3.05) is 46.1 Å². The Morgan fingerprint density at radius 2 is 1.95 bits per heavy atom. The van der Waals surface area contributed by atoms with Gasteiger partial charge < -0.3 is 19.5 Å². The molecule has 3 aliphatic heterocycles. The summed E-state index contributed by atoms with van der Waals surface area (Å²) >= 11 is 0. The molecule has 3 unspecified atom stereocenters. The van der Waals surface area contributed by atoms with Gasteiger partial charge in [0.1, 0.15) is 0 Å². The van der Waals surface area contributed by atoms with E-state index in [0.29, 0.717) is 50.7 Å². The normalized spacial score (nSPS) is 24.3. The van der Waals surface area contributed by atoms with Gasteiger partial charge in [-0.3, -0.25) is 24.1 Å². The lowest BCUT2D eigenvalue weighted by molar-refractivity contribution is -0.188. The van der Waals surface area contributed by atoms with E-state index in [-0.39, 0.29) is 31.1 Å². The molecule has 0 aromatic heterocycles. The minimum atomic E-state index is -0.909. The number of carbonyl (C=O) groups is 3. The number of fused-ring (bicyclic) bond motifs is 1. The van der Waals surface area contributed by atoms with Crippen molar-refractivity contribution in [2.45, 2.75) is 65.3 Å². The third-order valence-electron chi connectivity index (χ3n) is 7.92. The Kier molecular flexibility index (Phi) is 8.82. The molecule has 2 amide bonds. The molecule has 0 bridgehead atoms. The van der Waals surface area contributed by atoms with Gasteiger partial charge in [0.25, 0.3) is 5.91 Å². The summed E-state index contributed by atoms with van der Waals surface area (Å²) in [5.74, 6) is -0.843. The van der Waals surface area contributed by atoms with E-state index in [4.69, 9.17) is 14.3 Å². The van der Waals surface area contributed by atoms with Crippen molar-refractivity contribution in [3.63, 3.8) is 0 Å². The summed E-state index contributed by atoms with van der Waals surface area (Å²) in [6.07, 6.45) is 2.79. The Morgan fingerprint density at radius 3 is 2.61 bits per heavy atom. The van der Waals surface area contributed by atoms with Crippen molar-refractivity contribution in [2.24, 2.45) is 11.3 Å². The summed E-state index contributed by atoms with van der Waals surface area (Å²) in [4.78, 5) is 48.4. The number of aliphatic carboxylic acids is 1. The molecule has 1 aromatic rings. The van der Waals surface area contributed by atoms with Crippen molar-refractivity contribution in [1.82, 2.24) is 14.9 Å². The van der Waals surface area contributed by atoms with Gasteiger partial charge >= 0.3 is 5.97 Å². The first-order valence-electron chi connectivity index (χ1n) is 13.7. The fraction of sp³-hybridized carbons (Fsp3) is 0.679. The van der Waals surface area contributed by atoms with Crippen molar-refractivity contribution >= 4 is 17.8 Å². The average Bonchev–Trinajstić information content (AvgIpc) is 3.56. The lowest BCUT2D eigenvalue weighted by atomic mass is 9.84. The molecular weight excluding hydrogens is 490 g/mol. The zero-order valence-electron chi connectivity index (χ0n) is 23.0. The molecule has 0 spiro atoms. The second kappa shape index (κ2) is 11.9. The number of hydrogen-bond acceptors (Lipinski definition) is 7. The highest BCUT2D eigenvalue weighted by molar-refractivity contribution is 5.84. The van der Waals surface area contributed by atoms with Crippen LogP contribution in [0, 0.1) is 11.3 Å². The Bertz CT molecular complexity index is 1030. The highest BCUT2D eigenvalue weighted by atomic mass is 16.7. The second-order valence-electron chi connectivity index (χ2n) is 11.1. The molecule has 10 nitrogen and oxygen atoms in total. The van der Waals surface area contributed by atoms with Gasteiger partial charge in [-0.25, -0.2) is 5.06 Å². The molecule has 2 saturated heterocycles. The van der Waals surface area contributed by atoms with E-state index < -0.39 is 23.3 Å². The maximum absolute atomic E-state index is 13.3. The molecule has 3 heterocycles. The first-order valence-corrected chi connectivity index (χ1v) is 13.7. The zero-order valence-corrected chi connectivity index (χ0v) is 23.0. The number of likely N-dealkylation sites (tertiary alicyclic amines) is 2. The zero-order chi connectivity index (χ0) is 27.4. The molecule has 0 radical (unpaired) electrons. The lowest BCUT2D eigenvalue weighted by Crippen LogP contribution is -2.45. The number of rotatable bonds is 12. The fourth-order valence-corrected chi connectivity index (χ4v) is 5.80. The fourth-order valence-electron chi connectivity index (χ4n) is 5.80. The van der Waals surface area contributed by atoms with Gasteiger partial charge in [-0.1, -0.05) is 33.8 Å². The number of hydroxylamine groups is 2. The molecule has 210 valence electrons. The van der Waals surface area contributed by atoms with Crippen LogP contribution in [0.3, 0.4) is 0 Å². The summed E-state index contributed by atoms with van der Waals surface area (Å²) in [7, 11) is 0. The van der Waals surface area contributed by atoms with Crippen LogP contribution in [0.1, 0.15) is 64.9 Å². The van der Waals surface area contributed by atoms with Crippen LogP contribution in [-0.4, -0.2) is 89.9 Å². The van der Waals surface area contributed by atoms with Crippen molar-refractivity contribution in [3.05, 3.63) is 23.8 Å². The first kappa shape index (κ1) is 28.2. The number of carboxylic acid groups (broad SMARTS) is 1. The van der Waals surface area contributed by atoms with Crippen LogP contribution in [-0.2, 0) is 19.2 Å². The molecule has 0 saturated carbocycles. The molecule has 1 N–H and O–H groups in total. The number of carboxylic acids is 1. The summed E-state index contributed by atoms with van der Waals surface area (Å²) in [5, 5.41) is 11.8. The van der Waals surface area contributed by atoms with Gasteiger partial charge in [0, 0.05) is 43.6 Å². The Balaban J connectivity index is 1.58. The molecule has 4 rings (SSSR count). The monoisotopic (exact) mass is 531 g/mol. The number of nitrogens with zero attached hydrogens (tertiary/aromatic N) is 3.